The first kappa shape index (κ1) is 46.7. The average Bonchev–Trinajstić information content (AvgIpc) is 3.23. The number of azo groups is 3. The molecule has 0 spiro atoms. The van der Waals surface area contributed by atoms with E-state index in [4.69, 9.17) is 20.5 Å². The van der Waals surface area contributed by atoms with Crippen LogP contribution in [-0.4, -0.2) is 98.6 Å². The van der Waals surface area contributed by atoms with Gasteiger partial charge < -0.3 is 51.0 Å². The molecule has 0 aliphatic carbocycles. The smallest absolute Gasteiger partial charge is 0.339 e. The van der Waals surface area contributed by atoms with Gasteiger partial charge in [0.25, 0.3) is 10.1 Å². The second-order valence-electron chi connectivity index (χ2n) is 13.0. The van der Waals surface area contributed by atoms with Gasteiger partial charge in [-0.3, -0.25) is 4.55 Å². The molecule has 0 saturated carbocycles. The second kappa shape index (κ2) is 20.4. The molecule has 23 nitrogen and oxygen atoms in total. The van der Waals surface area contributed by atoms with Crippen molar-refractivity contribution in [2.75, 3.05) is 32.2 Å². The number of anilines is 1. The highest BCUT2D eigenvalue weighted by molar-refractivity contribution is 7.94. The molecule has 328 valence electrons. The molecule has 0 amide bonds. The highest BCUT2D eigenvalue weighted by Crippen LogP contribution is 2.46. The van der Waals surface area contributed by atoms with Crippen molar-refractivity contribution in [2.24, 2.45) is 30.7 Å². The molecule has 62 heavy (non-hydrogen) atoms. The zero-order valence-electron chi connectivity index (χ0n) is 32.2. The Labute approximate surface area is 354 Å². The summed E-state index contributed by atoms with van der Waals surface area (Å²) >= 11 is 0.349. The van der Waals surface area contributed by atoms with Gasteiger partial charge in [-0.1, -0.05) is 5.04 Å². The Bertz CT molecular complexity index is 2680. The van der Waals surface area contributed by atoms with Crippen molar-refractivity contribution >= 4 is 78.7 Å². The number of rotatable bonds is 19. The highest BCUT2D eigenvalue weighted by atomic mass is 32.2. The lowest BCUT2D eigenvalue weighted by Crippen LogP contribution is -2.21. The molecule has 0 aliphatic rings. The van der Waals surface area contributed by atoms with Gasteiger partial charge in [-0.25, -0.2) is 10.1 Å². The summed E-state index contributed by atoms with van der Waals surface area (Å²) in [4.78, 5) is 10.7. The largest absolute Gasteiger partial charge is 0.507 e. The number of carboxylic acid groups (broad SMARTS) is 1. The number of benzene rings is 5. The number of aryl methyl sites for hydroxylation is 2. The molecule has 0 fully saturated rings. The molecule has 25 heteroatoms. The third kappa shape index (κ3) is 11.5. The summed E-state index contributed by atoms with van der Waals surface area (Å²) < 4.78 is 49.4. The predicted molar refractivity (Wildman–Crippen MR) is 218 cm³/mol. The summed E-state index contributed by atoms with van der Waals surface area (Å²) in [5.74, 6) is -2.42. The summed E-state index contributed by atoms with van der Waals surface area (Å²) in [5, 5.41) is 107. The molecule has 0 saturated heterocycles. The van der Waals surface area contributed by atoms with Crippen LogP contribution in [0, 0.1) is 13.8 Å². The van der Waals surface area contributed by atoms with Crippen LogP contribution in [-0.2, 0) is 19.5 Å². The molecule has 5 rings (SSSR count). The van der Waals surface area contributed by atoms with E-state index >= 15 is 0 Å². The third-order valence-corrected chi connectivity index (χ3v) is 9.99. The molecule has 5 aromatic rings. The van der Waals surface area contributed by atoms with Crippen molar-refractivity contribution < 1.29 is 77.6 Å². The SMILES string of the molecule is Cc1cc(N=Nc2cc(OCC(O)CO)c(N=Nc3c(SOOO)cc4cc(S(=O)(=O)O)c(N)cc4c3O)cc2C)c(OCC(O)CO)cc1N=Nc1ccc(O)c(C(=O)O)c1. The number of aliphatic hydroxyl groups excluding tert-OH is 4. The number of hydrogen-bond acceptors (Lipinski definition) is 22. The minimum Gasteiger partial charge on any atom is -0.507 e. The number of aromatic carboxylic acids is 1. The molecule has 2 unspecified atom stereocenters. The summed E-state index contributed by atoms with van der Waals surface area (Å²) in [6, 6.07) is 12.8. The average molecular weight is 900 g/mol. The number of aromatic hydroxyl groups is 2. The predicted octanol–water partition coefficient (Wildman–Crippen LogP) is 6.53. The van der Waals surface area contributed by atoms with Gasteiger partial charge in [0.05, 0.1) is 52.9 Å². The molecule has 0 aliphatic heterocycles. The lowest BCUT2D eigenvalue weighted by molar-refractivity contribution is -0.432. The van der Waals surface area contributed by atoms with Gasteiger partial charge in [0.2, 0.25) is 0 Å². The quantitative estimate of drug-likeness (QED) is 0.0105. The first-order valence-electron chi connectivity index (χ1n) is 17.6. The molecule has 2 atom stereocenters. The number of ether oxygens (including phenoxy) is 2. The molecule has 5 aromatic carbocycles. The molecule has 0 aromatic heterocycles. The monoisotopic (exact) mass is 899 g/mol. The van der Waals surface area contributed by atoms with Crippen LogP contribution < -0.4 is 15.2 Å². The van der Waals surface area contributed by atoms with E-state index in [1.807, 2.05) is 0 Å². The van der Waals surface area contributed by atoms with Crippen molar-refractivity contribution in [1.82, 2.24) is 0 Å². The number of carboxylic acids is 1. The van der Waals surface area contributed by atoms with E-state index in [1.54, 1.807) is 13.8 Å². The maximum Gasteiger partial charge on any atom is 0.339 e. The van der Waals surface area contributed by atoms with Crippen LogP contribution in [0.4, 0.5) is 39.8 Å². The van der Waals surface area contributed by atoms with Gasteiger partial charge in [0.15, 0.2) is 5.75 Å². The van der Waals surface area contributed by atoms with E-state index in [1.165, 1.54) is 36.4 Å². The Morgan fingerprint density at radius 3 is 1.85 bits per heavy atom. The number of fused-ring (bicyclic) bond motifs is 1. The number of aliphatic hydroxyl groups is 4. The lowest BCUT2D eigenvalue weighted by atomic mass is 10.1. The third-order valence-electron chi connectivity index (χ3n) is 8.46. The van der Waals surface area contributed by atoms with Crippen LogP contribution in [0.1, 0.15) is 21.5 Å². The number of nitrogen functional groups attached to an aromatic ring is 1. The maximum absolute atomic E-state index is 11.9. The minimum absolute atomic E-state index is 0.000671. The van der Waals surface area contributed by atoms with Gasteiger partial charge in [-0.15, -0.1) is 19.7 Å². The Hall–Kier alpha value is -6.39. The zero-order chi connectivity index (χ0) is 45.3. The number of phenolic OH excluding ortho intramolecular Hbond substituents is 1. The van der Waals surface area contributed by atoms with Crippen LogP contribution >= 0.6 is 12.0 Å². The first-order valence-corrected chi connectivity index (χ1v) is 19.8. The van der Waals surface area contributed by atoms with E-state index in [2.05, 4.69) is 40.1 Å². The molecule has 0 bridgehead atoms. The summed E-state index contributed by atoms with van der Waals surface area (Å²) in [5.41, 5.74) is 6.37. The van der Waals surface area contributed by atoms with E-state index < -0.39 is 70.2 Å². The van der Waals surface area contributed by atoms with Crippen molar-refractivity contribution in [1.29, 1.82) is 0 Å². The molecular weight excluding hydrogens is 863 g/mol. The standard InChI is InChI=1S/C37H37N7O16S2/c1-17-5-28(31(57-15-21(47)13-45)11-26(17)40-39-20-3-4-30(49)24(9-20)37(51)52)42-41-27-12-32(58-16-22(48)14-46)29(6-18(27)2)43-44-35-33(61-60-59-53)7-19-8-34(62(54,55)56)25(38)10-23(19)36(35)50/h3-12,21-22,45-50,53H,13-16,38H2,1-2H3,(H,51,52)(H,54,55,56). The minimum atomic E-state index is -4.76. The lowest BCUT2D eigenvalue weighted by Gasteiger charge is -2.14. The number of hydrogen-bond donors (Lipinski definition) is 10. The summed E-state index contributed by atoms with van der Waals surface area (Å²) in [6.45, 7) is 1.22. The number of nitrogens with zero attached hydrogens (tertiary/aromatic N) is 6. The van der Waals surface area contributed by atoms with Crippen molar-refractivity contribution in [3.8, 4) is 23.0 Å². The van der Waals surface area contributed by atoms with Crippen molar-refractivity contribution in [3.63, 3.8) is 0 Å². The molecule has 0 heterocycles. The van der Waals surface area contributed by atoms with Gasteiger partial charge in [0.1, 0.15) is 70.2 Å². The topological polar surface area (TPSA) is 370 Å². The van der Waals surface area contributed by atoms with Crippen molar-refractivity contribution in [3.05, 3.63) is 77.4 Å². The van der Waals surface area contributed by atoms with Crippen LogP contribution in [0.3, 0.4) is 0 Å². The zero-order valence-corrected chi connectivity index (χ0v) is 33.8. The van der Waals surface area contributed by atoms with Crippen LogP contribution in [0.25, 0.3) is 10.8 Å². The Morgan fingerprint density at radius 2 is 1.32 bits per heavy atom. The van der Waals surface area contributed by atoms with Gasteiger partial charge in [-0.2, -0.15) is 23.8 Å². The Morgan fingerprint density at radius 1 is 0.774 bits per heavy atom. The first-order chi connectivity index (χ1) is 29.4. The summed E-state index contributed by atoms with van der Waals surface area (Å²) in [7, 11) is -4.76. The highest BCUT2D eigenvalue weighted by Gasteiger charge is 2.22. The molecule has 11 N–H and O–H groups in total. The number of nitrogens with two attached hydrogens (primary N) is 1. The van der Waals surface area contributed by atoms with E-state index in [0.717, 1.165) is 24.3 Å². The fraction of sp³-hybridized carbons (Fsp3) is 0.216. The molecular formula is C37H37N7O16S2. The van der Waals surface area contributed by atoms with E-state index in [-0.39, 0.29) is 73.5 Å². The van der Waals surface area contributed by atoms with Crippen LogP contribution in [0.15, 0.2) is 101 Å². The number of carbonyl (C=O) groups is 1. The maximum atomic E-state index is 11.9. The van der Waals surface area contributed by atoms with Gasteiger partial charge in [-0.05, 0) is 78.9 Å². The Kier molecular flexibility index (Phi) is 15.4. The normalized spacial score (nSPS) is 13.1. The van der Waals surface area contributed by atoms with Crippen LogP contribution in [0.2, 0.25) is 0 Å². The molecule has 0 radical (unpaired) electrons. The van der Waals surface area contributed by atoms with Gasteiger partial charge >= 0.3 is 5.97 Å². The van der Waals surface area contributed by atoms with Crippen LogP contribution in [0.5, 0.6) is 23.0 Å². The van der Waals surface area contributed by atoms with E-state index in [9.17, 15) is 53.5 Å². The van der Waals surface area contributed by atoms with E-state index in [0.29, 0.717) is 23.2 Å². The second-order valence-corrected chi connectivity index (χ2v) is 15.1. The fourth-order valence-electron chi connectivity index (χ4n) is 5.31. The van der Waals surface area contributed by atoms with Gasteiger partial charge in [0, 0.05) is 17.5 Å². The van der Waals surface area contributed by atoms with Crippen molar-refractivity contribution in [2.45, 2.75) is 35.8 Å². The fourth-order valence-corrected chi connectivity index (χ4v) is 6.44. The summed E-state index contributed by atoms with van der Waals surface area (Å²) in [6.07, 6.45) is -2.60. The Balaban J connectivity index is 1.56. The number of phenols is 2.